The molecule has 1 N–H and O–H groups in total. The van der Waals surface area contributed by atoms with E-state index >= 15 is 0 Å². The third-order valence-electron chi connectivity index (χ3n) is 4.27. The molecule has 8 heteroatoms. The number of carbonyl (C=O) groups is 1. The average molecular weight is 407 g/mol. The molecule has 0 aliphatic carbocycles. The molecule has 148 valence electrons. The first-order chi connectivity index (χ1) is 14.0. The predicted molar refractivity (Wildman–Crippen MR) is 112 cm³/mol. The highest BCUT2D eigenvalue weighted by atomic mass is 32.1. The number of ether oxygens (including phenoxy) is 1. The molecule has 4 rings (SSSR count). The smallest absolute Gasteiger partial charge is 0.251 e. The van der Waals surface area contributed by atoms with Gasteiger partial charge in [-0.1, -0.05) is 41.7 Å². The molecule has 0 saturated carbocycles. The molecular weight excluding hydrogens is 386 g/mol. The van der Waals surface area contributed by atoms with Gasteiger partial charge in [-0.3, -0.25) is 4.79 Å². The molecule has 0 fully saturated rings. The zero-order valence-electron chi connectivity index (χ0n) is 16.4. The Hall–Kier alpha value is -3.26. The second kappa shape index (κ2) is 8.00. The Balaban J connectivity index is 1.40. The fraction of sp³-hybridized carbons (Fsp3) is 0.238. The van der Waals surface area contributed by atoms with Crippen molar-refractivity contribution in [3.05, 3.63) is 65.5 Å². The number of carbonyl (C=O) groups excluding carboxylic acids is 1. The van der Waals surface area contributed by atoms with Crippen LogP contribution in [0.1, 0.15) is 35.6 Å². The maximum atomic E-state index is 12.5. The van der Waals surface area contributed by atoms with Crippen LogP contribution in [0, 0.1) is 6.92 Å². The molecule has 0 unspecified atom stereocenters. The van der Waals surface area contributed by atoms with Crippen LogP contribution in [0.5, 0.6) is 5.75 Å². The van der Waals surface area contributed by atoms with E-state index in [-0.39, 0.29) is 12.0 Å². The van der Waals surface area contributed by atoms with Crippen LogP contribution in [0.15, 0.2) is 48.5 Å². The minimum atomic E-state index is -0.132. The Morgan fingerprint density at radius 1 is 1.17 bits per heavy atom. The van der Waals surface area contributed by atoms with Crippen LogP contribution >= 0.6 is 11.3 Å². The summed E-state index contributed by atoms with van der Waals surface area (Å²) in [4.78, 5) is 13.2. The van der Waals surface area contributed by atoms with Crippen molar-refractivity contribution in [2.75, 3.05) is 0 Å². The van der Waals surface area contributed by atoms with Gasteiger partial charge in [-0.2, -0.15) is 9.61 Å². The summed E-state index contributed by atoms with van der Waals surface area (Å²) >= 11 is 1.49. The zero-order valence-corrected chi connectivity index (χ0v) is 17.2. The Kier molecular flexibility index (Phi) is 5.26. The van der Waals surface area contributed by atoms with E-state index in [1.54, 1.807) is 16.6 Å². The SMILES string of the molecule is Cc1nnc2sc(-c3ccc(CNC(=O)c4cccc(OC(C)C)c4)cc3)nn12. The second-order valence-electron chi connectivity index (χ2n) is 6.92. The molecule has 2 heterocycles. The normalized spacial score (nSPS) is 11.2. The monoisotopic (exact) mass is 407 g/mol. The van der Waals surface area contributed by atoms with Gasteiger partial charge in [0, 0.05) is 17.7 Å². The summed E-state index contributed by atoms with van der Waals surface area (Å²) in [5.74, 6) is 1.33. The van der Waals surface area contributed by atoms with E-state index in [2.05, 4.69) is 20.6 Å². The molecule has 2 aromatic carbocycles. The van der Waals surface area contributed by atoms with Gasteiger partial charge in [-0.05, 0) is 44.5 Å². The molecule has 0 radical (unpaired) electrons. The van der Waals surface area contributed by atoms with Gasteiger partial charge in [-0.25, -0.2) is 0 Å². The lowest BCUT2D eigenvalue weighted by molar-refractivity contribution is 0.0950. The van der Waals surface area contributed by atoms with E-state index in [4.69, 9.17) is 4.74 Å². The molecule has 7 nitrogen and oxygen atoms in total. The van der Waals surface area contributed by atoms with Crippen LogP contribution in [0.2, 0.25) is 0 Å². The Bertz CT molecular complexity index is 1150. The summed E-state index contributed by atoms with van der Waals surface area (Å²) in [7, 11) is 0. The number of amides is 1. The fourth-order valence-corrected chi connectivity index (χ4v) is 3.75. The molecule has 2 aromatic heterocycles. The third-order valence-corrected chi connectivity index (χ3v) is 5.22. The second-order valence-corrected chi connectivity index (χ2v) is 7.88. The lowest BCUT2D eigenvalue weighted by Crippen LogP contribution is -2.22. The molecule has 4 aromatic rings. The summed E-state index contributed by atoms with van der Waals surface area (Å²) in [6.07, 6.45) is 0.0640. The zero-order chi connectivity index (χ0) is 20.4. The van der Waals surface area contributed by atoms with E-state index < -0.39 is 0 Å². The number of hydrogen-bond acceptors (Lipinski definition) is 6. The Morgan fingerprint density at radius 2 is 1.97 bits per heavy atom. The maximum Gasteiger partial charge on any atom is 0.251 e. The van der Waals surface area contributed by atoms with Crippen molar-refractivity contribution in [3.8, 4) is 16.3 Å². The molecule has 0 aliphatic heterocycles. The number of rotatable bonds is 6. The van der Waals surface area contributed by atoms with Crippen molar-refractivity contribution < 1.29 is 9.53 Å². The van der Waals surface area contributed by atoms with Gasteiger partial charge in [0.1, 0.15) is 10.8 Å². The predicted octanol–water partition coefficient (Wildman–Crippen LogP) is 3.88. The summed E-state index contributed by atoms with van der Waals surface area (Å²) in [6, 6.07) is 15.2. The van der Waals surface area contributed by atoms with Crippen LogP contribution in [-0.2, 0) is 6.54 Å². The molecule has 0 aliphatic rings. The number of fused-ring (bicyclic) bond motifs is 1. The number of nitrogens with zero attached hydrogens (tertiary/aromatic N) is 4. The van der Waals surface area contributed by atoms with Crippen molar-refractivity contribution in [3.63, 3.8) is 0 Å². The van der Waals surface area contributed by atoms with Crippen LogP contribution < -0.4 is 10.1 Å². The van der Waals surface area contributed by atoms with Gasteiger partial charge >= 0.3 is 0 Å². The van der Waals surface area contributed by atoms with Gasteiger partial charge in [0.2, 0.25) is 4.96 Å². The van der Waals surface area contributed by atoms with Crippen molar-refractivity contribution in [1.29, 1.82) is 0 Å². The summed E-state index contributed by atoms with van der Waals surface area (Å²) in [5, 5.41) is 16.5. The van der Waals surface area contributed by atoms with Gasteiger partial charge in [0.15, 0.2) is 5.82 Å². The van der Waals surface area contributed by atoms with Crippen LogP contribution in [0.25, 0.3) is 15.5 Å². The van der Waals surface area contributed by atoms with Crippen molar-refractivity contribution in [2.24, 2.45) is 0 Å². The molecule has 0 bridgehead atoms. The van der Waals surface area contributed by atoms with E-state index in [0.29, 0.717) is 17.9 Å². The van der Waals surface area contributed by atoms with Crippen molar-refractivity contribution >= 4 is 22.2 Å². The lowest BCUT2D eigenvalue weighted by Gasteiger charge is -2.11. The Morgan fingerprint density at radius 3 is 2.69 bits per heavy atom. The highest BCUT2D eigenvalue weighted by molar-refractivity contribution is 7.19. The quantitative estimate of drug-likeness (QED) is 0.525. The number of aryl methyl sites for hydroxylation is 1. The molecular formula is C21H21N5O2S. The summed E-state index contributed by atoms with van der Waals surface area (Å²) < 4.78 is 7.39. The topological polar surface area (TPSA) is 81.4 Å². The highest BCUT2D eigenvalue weighted by Crippen LogP contribution is 2.25. The van der Waals surface area contributed by atoms with E-state index in [0.717, 1.165) is 26.9 Å². The number of hydrogen-bond donors (Lipinski definition) is 1. The average Bonchev–Trinajstić information content (AvgIpc) is 3.28. The summed E-state index contributed by atoms with van der Waals surface area (Å²) in [6.45, 7) is 6.23. The van der Waals surface area contributed by atoms with Crippen molar-refractivity contribution in [2.45, 2.75) is 33.4 Å². The lowest BCUT2D eigenvalue weighted by atomic mass is 10.1. The first-order valence-corrected chi connectivity index (χ1v) is 10.1. The molecule has 0 saturated heterocycles. The van der Waals surface area contributed by atoms with Gasteiger partial charge in [-0.15, -0.1) is 10.2 Å². The van der Waals surface area contributed by atoms with Crippen LogP contribution in [0.4, 0.5) is 0 Å². The van der Waals surface area contributed by atoms with E-state index in [9.17, 15) is 4.79 Å². The van der Waals surface area contributed by atoms with Crippen LogP contribution in [-0.4, -0.2) is 31.8 Å². The number of aromatic nitrogens is 4. The number of nitrogens with one attached hydrogen (secondary N) is 1. The van der Waals surface area contributed by atoms with Crippen molar-refractivity contribution in [1.82, 2.24) is 25.1 Å². The standard InChI is InChI=1S/C21H21N5O2S/c1-13(2)28-18-6-4-5-17(11-18)19(27)22-12-15-7-9-16(10-8-15)20-25-26-14(3)23-24-21(26)29-20/h4-11,13H,12H2,1-3H3,(H,22,27). The fourth-order valence-electron chi connectivity index (χ4n) is 2.86. The van der Waals surface area contributed by atoms with Gasteiger partial charge in [0.05, 0.1) is 6.10 Å². The summed E-state index contributed by atoms with van der Waals surface area (Å²) in [5.41, 5.74) is 2.60. The number of benzene rings is 2. The minimum absolute atomic E-state index is 0.0640. The third kappa shape index (κ3) is 4.27. The molecule has 1 amide bonds. The first kappa shape index (κ1) is 19.1. The molecule has 0 atom stereocenters. The highest BCUT2D eigenvalue weighted by Gasteiger charge is 2.11. The minimum Gasteiger partial charge on any atom is -0.491 e. The Labute approximate surface area is 172 Å². The van der Waals surface area contributed by atoms with Gasteiger partial charge in [0.25, 0.3) is 5.91 Å². The van der Waals surface area contributed by atoms with E-state index in [1.807, 2.05) is 57.2 Å². The van der Waals surface area contributed by atoms with E-state index in [1.165, 1.54) is 11.3 Å². The first-order valence-electron chi connectivity index (χ1n) is 9.32. The van der Waals surface area contributed by atoms with Gasteiger partial charge < -0.3 is 10.1 Å². The molecule has 29 heavy (non-hydrogen) atoms. The van der Waals surface area contributed by atoms with Crippen LogP contribution in [0.3, 0.4) is 0 Å². The molecule has 0 spiro atoms. The largest absolute Gasteiger partial charge is 0.491 e. The maximum absolute atomic E-state index is 12.5.